The summed E-state index contributed by atoms with van der Waals surface area (Å²) in [4.78, 5) is 24.5. The van der Waals surface area contributed by atoms with Crippen molar-refractivity contribution in [3.05, 3.63) is 48.0 Å². The second-order valence-corrected chi connectivity index (χ2v) is 4.91. The Kier molecular flexibility index (Phi) is 4.59. The summed E-state index contributed by atoms with van der Waals surface area (Å²) in [6.45, 7) is 3.83. The lowest BCUT2D eigenvalue weighted by atomic mass is 10.0. The minimum Gasteiger partial charge on any atom is -0.445 e. The maximum Gasteiger partial charge on any atom is 0.410 e. The molecule has 2 rings (SSSR count). The number of benzene rings is 1. The molecule has 1 saturated heterocycles. The number of likely N-dealkylation sites (tertiary alicyclic amines) is 1. The number of rotatable bonds is 4. The molecule has 1 fully saturated rings. The largest absolute Gasteiger partial charge is 0.445 e. The number of aliphatic hydroxyl groups excluding tert-OH is 1. The van der Waals surface area contributed by atoms with Crippen molar-refractivity contribution >= 4 is 12.0 Å². The van der Waals surface area contributed by atoms with Gasteiger partial charge < -0.3 is 15.6 Å². The summed E-state index contributed by atoms with van der Waals surface area (Å²) < 4.78 is 5.02. The molecule has 6 nitrogen and oxygen atoms in total. The Hall–Kier alpha value is -2.34. The van der Waals surface area contributed by atoms with E-state index in [1.165, 1.54) is 11.0 Å². The summed E-state index contributed by atoms with van der Waals surface area (Å²) in [6.07, 6.45) is 0.831. The number of primary amides is 1. The van der Waals surface area contributed by atoms with Crippen molar-refractivity contribution in [1.29, 1.82) is 0 Å². The highest BCUT2D eigenvalue weighted by atomic mass is 16.6. The lowest BCUT2D eigenvalue weighted by Crippen LogP contribution is -2.32. The lowest BCUT2D eigenvalue weighted by Gasteiger charge is -2.23. The molecule has 21 heavy (non-hydrogen) atoms. The van der Waals surface area contributed by atoms with Gasteiger partial charge in [0.25, 0.3) is 0 Å². The van der Waals surface area contributed by atoms with Gasteiger partial charge >= 0.3 is 6.09 Å². The van der Waals surface area contributed by atoms with Crippen molar-refractivity contribution in [2.24, 2.45) is 5.73 Å². The monoisotopic (exact) mass is 290 g/mol. The van der Waals surface area contributed by atoms with E-state index in [9.17, 15) is 14.7 Å². The van der Waals surface area contributed by atoms with E-state index in [1.54, 1.807) is 24.3 Å². The molecule has 1 aliphatic rings. The first kappa shape index (κ1) is 15.1. The first-order valence-corrected chi connectivity index (χ1v) is 6.65. The quantitative estimate of drug-likeness (QED) is 0.815. The average Bonchev–Trinajstić information content (AvgIpc) is 2.87. The highest BCUT2D eigenvalue weighted by molar-refractivity contribution is 5.92. The van der Waals surface area contributed by atoms with Crippen LogP contribution in [0.15, 0.2) is 36.9 Å². The zero-order valence-corrected chi connectivity index (χ0v) is 11.6. The standard InChI is InChI=1S/C15H18N2O4/c1-2-7-21-15(20)17-9-12(18)8-13(17)10-3-5-11(6-4-10)14(16)19/h2-6,12-13,18H,1,7-9H2,(H2,16,19)/t12-,13-/m1/s1. The fourth-order valence-corrected chi connectivity index (χ4v) is 2.41. The molecule has 1 aromatic carbocycles. The fraction of sp³-hybridized carbons (Fsp3) is 0.333. The van der Waals surface area contributed by atoms with Crippen molar-refractivity contribution in [2.75, 3.05) is 13.2 Å². The van der Waals surface area contributed by atoms with E-state index in [2.05, 4.69) is 6.58 Å². The van der Waals surface area contributed by atoms with Gasteiger partial charge in [0.05, 0.1) is 18.7 Å². The summed E-state index contributed by atoms with van der Waals surface area (Å²) in [5.41, 5.74) is 6.42. The van der Waals surface area contributed by atoms with Crippen LogP contribution in [0.1, 0.15) is 28.4 Å². The molecule has 2 atom stereocenters. The summed E-state index contributed by atoms with van der Waals surface area (Å²) in [5.74, 6) is -0.504. The highest BCUT2D eigenvalue weighted by Gasteiger charge is 2.36. The summed E-state index contributed by atoms with van der Waals surface area (Å²) in [5, 5.41) is 9.80. The second kappa shape index (κ2) is 6.41. The zero-order valence-electron chi connectivity index (χ0n) is 11.6. The van der Waals surface area contributed by atoms with Crippen LogP contribution in [0, 0.1) is 0 Å². The Labute approximate surface area is 122 Å². The zero-order chi connectivity index (χ0) is 15.4. The van der Waals surface area contributed by atoms with E-state index in [0.717, 1.165) is 5.56 Å². The van der Waals surface area contributed by atoms with Gasteiger partial charge in [-0.2, -0.15) is 0 Å². The molecule has 2 amide bonds. The summed E-state index contributed by atoms with van der Waals surface area (Å²) >= 11 is 0. The summed E-state index contributed by atoms with van der Waals surface area (Å²) in [7, 11) is 0. The number of amides is 2. The normalized spacial score (nSPS) is 21.1. The molecule has 1 aromatic rings. The molecule has 0 unspecified atom stereocenters. The van der Waals surface area contributed by atoms with Crippen LogP contribution in [0.5, 0.6) is 0 Å². The van der Waals surface area contributed by atoms with Crippen LogP contribution >= 0.6 is 0 Å². The number of nitrogens with two attached hydrogens (primary N) is 1. The molecule has 0 aliphatic carbocycles. The number of hydrogen-bond acceptors (Lipinski definition) is 4. The van der Waals surface area contributed by atoms with Crippen molar-refractivity contribution < 1.29 is 19.4 Å². The van der Waals surface area contributed by atoms with E-state index >= 15 is 0 Å². The van der Waals surface area contributed by atoms with Crippen LogP contribution < -0.4 is 5.73 Å². The molecular formula is C15H18N2O4. The van der Waals surface area contributed by atoms with Gasteiger partial charge in [-0.15, -0.1) is 0 Å². The Morgan fingerprint density at radius 3 is 2.67 bits per heavy atom. The second-order valence-electron chi connectivity index (χ2n) is 4.91. The van der Waals surface area contributed by atoms with Crippen LogP contribution in [0.25, 0.3) is 0 Å². The van der Waals surface area contributed by atoms with E-state index in [4.69, 9.17) is 10.5 Å². The topological polar surface area (TPSA) is 92.9 Å². The minimum atomic E-state index is -0.595. The number of aliphatic hydroxyl groups is 1. The van der Waals surface area contributed by atoms with Crippen LogP contribution in [0.4, 0.5) is 4.79 Å². The van der Waals surface area contributed by atoms with Gasteiger partial charge in [0.2, 0.25) is 5.91 Å². The highest BCUT2D eigenvalue weighted by Crippen LogP contribution is 2.32. The molecule has 0 bridgehead atoms. The molecule has 0 saturated carbocycles. The van der Waals surface area contributed by atoms with Crippen LogP contribution in [-0.4, -0.2) is 41.3 Å². The van der Waals surface area contributed by atoms with E-state index in [1.807, 2.05) is 0 Å². The lowest BCUT2D eigenvalue weighted by molar-refractivity contribution is 0.0996. The van der Waals surface area contributed by atoms with Gasteiger partial charge in [-0.1, -0.05) is 24.8 Å². The third-order valence-corrected chi connectivity index (χ3v) is 3.42. The first-order valence-electron chi connectivity index (χ1n) is 6.65. The number of carbonyl (C=O) groups excluding carboxylic acids is 2. The maximum atomic E-state index is 12.0. The van der Waals surface area contributed by atoms with E-state index in [-0.39, 0.29) is 19.2 Å². The number of nitrogens with zero attached hydrogens (tertiary/aromatic N) is 1. The predicted octanol–water partition coefficient (Wildman–Crippen LogP) is 1.22. The predicted molar refractivity (Wildman–Crippen MR) is 76.6 cm³/mol. The van der Waals surface area contributed by atoms with Gasteiger partial charge in [0, 0.05) is 5.56 Å². The van der Waals surface area contributed by atoms with E-state index in [0.29, 0.717) is 12.0 Å². The van der Waals surface area contributed by atoms with Crippen molar-refractivity contribution in [2.45, 2.75) is 18.6 Å². The summed E-state index contributed by atoms with van der Waals surface area (Å²) in [6, 6.07) is 6.40. The number of β-amino-alcohol motifs (C(OH)–C–C–N with tert-alkyl or cyclic N) is 1. The van der Waals surface area contributed by atoms with E-state index < -0.39 is 18.1 Å². The minimum absolute atomic E-state index is 0.124. The number of ether oxygens (including phenoxy) is 1. The van der Waals surface area contributed by atoms with Gasteiger partial charge in [-0.25, -0.2) is 4.79 Å². The maximum absolute atomic E-state index is 12.0. The van der Waals surface area contributed by atoms with Crippen LogP contribution in [0.2, 0.25) is 0 Å². The van der Waals surface area contributed by atoms with Gasteiger partial charge in [0.1, 0.15) is 6.61 Å². The third kappa shape index (κ3) is 3.41. The molecule has 1 aliphatic heterocycles. The third-order valence-electron chi connectivity index (χ3n) is 3.42. The Bertz CT molecular complexity index is 541. The molecule has 0 radical (unpaired) electrons. The van der Waals surface area contributed by atoms with Crippen LogP contribution in [0.3, 0.4) is 0 Å². The molecule has 1 heterocycles. The Morgan fingerprint density at radius 2 is 2.10 bits per heavy atom. The first-order chi connectivity index (χ1) is 10.0. The molecule has 3 N–H and O–H groups in total. The van der Waals surface area contributed by atoms with Gasteiger partial charge in [0.15, 0.2) is 0 Å². The van der Waals surface area contributed by atoms with Gasteiger partial charge in [-0.05, 0) is 24.1 Å². The van der Waals surface area contributed by atoms with Crippen LogP contribution in [-0.2, 0) is 4.74 Å². The SMILES string of the molecule is C=CCOC(=O)N1C[C@H](O)C[C@@H]1c1ccc(C(N)=O)cc1. The molecule has 6 heteroatoms. The fourth-order valence-electron chi connectivity index (χ4n) is 2.41. The van der Waals surface area contributed by atoms with Crippen molar-refractivity contribution in [3.8, 4) is 0 Å². The molecular weight excluding hydrogens is 272 g/mol. The smallest absolute Gasteiger partial charge is 0.410 e. The van der Waals surface area contributed by atoms with Gasteiger partial charge in [-0.3, -0.25) is 9.69 Å². The number of hydrogen-bond donors (Lipinski definition) is 2. The van der Waals surface area contributed by atoms with Crippen molar-refractivity contribution in [3.63, 3.8) is 0 Å². The number of carbonyl (C=O) groups is 2. The molecule has 0 spiro atoms. The van der Waals surface area contributed by atoms with Crippen molar-refractivity contribution in [1.82, 2.24) is 4.90 Å². The molecule has 112 valence electrons. The average molecular weight is 290 g/mol. The Morgan fingerprint density at radius 1 is 1.43 bits per heavy atom. The Balaban J connectivity index is 2.17. The molecule has 0 aromatic heterocycles.